The van der Waals surface area contributed by atoms with Crippen LogP contribution in [0.4, 0.5) is 0 Å². The van der Waals surface area contributed by atoms with E-state index in [0.29, 0.717) is 0 Å². The zero-order chi connectivity index (χ0) is 9.80. The molecule has 2 aliphatic rings. The minimum atomic E-state index is 0.268. The van der Waals surface area contributed by atoms with Crippen LogP contribution < -0.4 is 0 Å². The van der Waals surface area contributed by atoms with E-state index in [2.05, 4.69) is 11.0 Å². The van der Waals surface area contributed by atoms with Gasteiger partial charge in [-0.25, -0.2) is 0 Å². The Labute approximate surface area is 85.4 Å². The van der Waals surface area contributed by atoms with Gasteiger partial charge in [-0.05, 0) is 24.8 Å². The van der Waals surface area contributed by atoms with Gasteiger partial charge >= 0.3 is 0 Å². The lowest BCUT2D eigenvalue weighted by atomic mass is 10.2. The van der Waals surface area contributed by atoms with Gasteiger partial charge in [0.25, 0.3) is 0 Å². The van der Waals surface area contributed by atoms with E-state index in [-0.39, 0.29) is 6.61 Å². The van der Waals surface area contributed by atoms with Crippen LogP contribution in [0.15, 0.2) is 11.6 Å². The van der Waals surface area contributed by atoms with Gasteiger partial charge in [0.2, 0.25) is 0 Å². The first-order chi connectivity index (χ1) is 6.90. The molecule has 1 fully saturated rings. The zero-order valence-electron chi connectivity index (χ0n) is 8.61. The molecule has 0 atom stereocenters. The highest BCUT2D eigenvalue weighted by molar-refractivity contribution is 5.08. The van der Waals surface area contributed by atoms with Crippen LogP contribution in [0.1, 0.15) is 19.3 Å². The second-order valence-electron chi connectivity index (χ2n) is 4.13. The molecule has 0 bridgehead atoms. The van der Waals surface area contributed by atoms with E-state index >= 15 is 0 Å². The fourth-order valence-corrected chi connectivity index (χ4v) is 1.94. The fraction of sp³-hybridized carbons (Fsp3) is 0.818. The van der Waals surface area contributed by atoms with Crippen molar-refractivity contribution in [3.8, 4) is 0 Å². The van der Waals surface area contributed by atoms with E-state index < -0.39 is 0 Å². The van der Waals surface area contributed by atoms with Crippen LogP contribution in [0.3, 0.4) is 0 Å². The molecule has 2 rings (SSSR count). The highest BCUT2D eigenvalue weighted by atomic mass is 16.5. The topological polar surface area (TPSA) is 32.7 Å². The summed E-state index contributed by atoms with van der Waals surface area (Å²) in [6, 6.07) is 0.727. The smallest absolute Gasteiger partial charge is 0.0689 e. The van der Waals surface area contributed by atoms with E-state index in [0.717, 1.165) is 38.8 Å². The molecule has 0 aromatic carbocycles. The monoisotopic (exact) mass is 197 g/mol. The summed E-state index contributed by atoms with van der Waals surface area (Å²) >= 11 is 0. The van der Waals surface area contributed by atoms with Crippen LogP contribution >= 0.6 is 0 Å². The highest BCUT2D eigenvalue weighted by Crippen LogP contribution is 2.27. The third-order valence-electron chi connectivity index (χ3n) is 2.84. The van der Waals surface area contributed by atoms with Crippen molar-refractivity contribution in [2.45, 2.75) is 25.3 Å². The Hall–Kier alpha value is -0.380. The molecular weight excluding hydrogens is 178 g/mol. The number of ether oxygens (including phenoxy) is 1. The lowest BCUT2D eigenvalue weighted by Gasteiger charge is -2.24. The van der Waals surface area contributed by atoms with E-state index in [4.69, 9.17) is 9.84 Å². The van der Waals surface area contributed by atoms with Crippen molar-refractivity contribution in [2.24, 2.45) is 0 Å². The Balaban J connectivity index is 1.82. The average Bonchev–Trinajstić information content (AvgIpc) is 3.02. The number of aliphatic hydroxyl groups is 1. The van der Waals surface area contributed by atoms with Crippen LogP contribution in [0.25, 0.3) is 0 Å². The summed E-state index contributed by atoms with van der Waals surface area (Å²) in [6.45, 7) is 3.72. The van der Waals surface area contributed by atoms with Gasteiger partial charge in [0.15, 0.2) is 0 Å². The van der Waals surface area contributed by atoms with Crippen molar-refractivity contribution in [1.29, 1.82) is 0 Å². The maximum atomic E-state index is 8.95. The van der Waals surface area contributed by atoms with Gasteiger partial charge < -0.3 is 9.84 Å². The van der Waals surface area contributed by atoms with Crippen molar-refractivity contribution in [1.82, 2.24) is 4.90 Å². The number of rotatable bonds is 5. The molecule has 0 aromatic rings. The van der Waals surface area contributed by atoms with Gasteiger partial charge in [-0.1, -0.05) is 6.08 Å². The first-order valence-electron chi connectivity index (χ1n) is 5.50. The standard InChI is InChI=1S/C11H19NO2/c13-6-5-12(11-3-4-11)8-10-2-1-7-14-9-10/h2,11,13H,1,3-9H2. The maximum absolute atomic E-state index is 8.95. The van der Waals surface area contributed by atoms with E-state index in [1.807, 2.05) is 0 Å². The summed E-state index contributed by atoms with van der Waals surface area (Å²) in [5, 5.41) is 8.95. The van der Waals surface area contributed by atoms with Gasteiger partial charge in [-0.15, -0.1) is 0 Å². The van der Waals surface area contributed by atoms with E-state index in [9.17, 15) is 0 Å². The van der Waals surface area contributed by atoms with E-state index in [1.165, 1.54) is 18.4 Å². The largest absolute Gasteiger partial charge is 0.395 e. The van der Waals surface area contributed by atoms with Crippen molar-refractivity contribution >= 4 is 0 Å². The third kappa shape index (κ3) is 2.80. The summed E-state index contributed by atoms with van der Waals surface area (Å²) in [6.07, 6.45) is 5.94. The lowest BCUT2D eigenvalue weighted by Crippen LogP contribution is -2.32. The predicted octanol–water partition coefficient (Wildman–Crippen LogP) is 0.790. The quantitative estimate of drug-likeness (QED) is 0.661. The molecule has 1 N–H and O–H groups in total. The minimum absolute atomic E-state index is 0.268. The molecule has 0 unspecified atom stereocenters. The normalized spacial score (nSPS) is 22.6. The Bertz CT molecular complexity index is 211. The molecule has 1 aliphatic carbocycles. The van der Waals surface area contributed by atoms with E-state index in [1.54, 1.807) is 0 Å². The molecule has 0 saturated heterocycles. The van der Waals surface area contributed by atoms with Crippen LogP contribution in [-0.4, -0.2) is 49.0 Å². The zero-order valence-corrected chi connectivity index (χ0v) is 8.61. The number of hydrogen-bond acceptors (Lipinski definition) is 3. The fourth-order valence-electron chi connectivity index (χ4n) is 1.94. The Morgan fingerprint density at radius 1 is 1.50 bits per heavy atom. The number of aliphatic hydroxyl groups excluding tert-OH is 1. The maximum Gasteiger partial charge on any atom is 0.0689 e. The summed E-state index contributed by atoms with van der Waals surface area (Å²) in [4.78, 5) is 2.38. The second-order valence-corrected chi connectivity index (χ2v) is 4.13. The minimum Gasteiger partial charge on any atom is -0.395 e. The number of nitrogens with zero attached hydrogens (tertiary/aromatic N) is 1. The molecule has 0 aromatic heterocycles. The molecule has 3 nitrogen and oxygen atoms in total. The number of hydrogen-bond donors (Lipinski definition) is 1. The van der Waals surface area contributed by atoms with Crippen molar-refractivity contribution < 1.29 is 9.84 Å². The molecular formula is C11H19NO2. The lowest BCUT2D eigenvalue weighted by molar-refractivity contribution is 0.136. The molecule has 0 radical (unpaired) electrons. The van der Waals surface area contributed by atoms with Crippen molar-refractivity contribution in [2.75, 3.05) is 32.9 Å². The van der Waals surface area contributed by atoms with Gasteiger partial charge in [0.05, 0.1) is 19.8 Å². The van der Waals surface area contributed by atoms with Crippen LogP contribution in [-0.2, 0) is 4.74 Å². The van der Waals surface area contributed by atoms with Gasteiger partial charge in [0, 0.05) is 19.1 Å². The molecule has 1 aliphatic heterocycles. The van der Waals surface area contributed by atoms with Crippen LogP contribution in [0.2, 0.25) is 0 Å². The Kier molecular flexibility index (Phi) is 3.56. The van der Waals surface area contributed by atoms with Crippen molar-refractivity contribution in [3.63, 3.8) is 0 Å². The Morgan fingerprint density at radius 2 is 2.36 bits per heavy atom. The van der Waals surface area contributed by atoms with Crippen molar-refractivity contribution in [3.05, 3.63) is 11.6 Å². The second kappa shape index (κ2) is 4.91. The highest BCUT2D eigenvalue weighted by Gasteiger charge is 2.28. The first kappa shape index (κ1) is 10.1. The third-order valence-corrected chi connectivity index (χ3v) is 2.84. The molecule has 0 amide bonds. The van der Waals surface area contributed by atoms with Gasteiger partial charge in [-0.3, -0.25) is 4.90 Å². The van der Waals surface area contributed by atoms with Crippen LogP contribution in [0, 0.1) is 0 Å². The van der Waals surface area contributed by atoms with Gasteiger partial charge in [-0.2, -0.15) is 0 Å². The van der Waals surface area contributed by atoms with Crippen LogP contribution in [0.5, 0.6) is 0 Å². The molecule has 3 heteroatoms. The Morgan fingerprint density at radius 3 is 2.93 bits per heavy atom. The summed E-state index contributed by atoms with van der Waals surface area (Å²) < 4.78 is 5.40. The average molecular weight is 197 g/mol. The molecule has 0 spiro atoms. The van der Waals surface area contributed by atoms with Gasteiger partial charge in [0.1, 0.15) is 0 Å². The molecule has 1 heterocycles. The summed E-state index contributed by atoms with van der Waals surface area (Å²) in [5.41, 5.74) is 1.39. The predicted molar refractivity (Wildman–Crippen MR) is 55.2 cm³/mol. The molecule has 80 valence electrons. The first-order valence-corrected chi connectivity index (χ1v) is 5.50. The molecule has 1 saturated carbocycles. The summed E-state index contributed by atoms with van der Waals surface area (Å²) in [5.74, 6) is 0. The summed E-state index contributed by atoms with van der Waals surface area (Å²) in [7, 11) is 0. The SMILES string of the molecule is OCCN(CC1=CCCOC1)C1CC1. The molecule has 14 heavy (non-hydrogen) atoms.